The van der Waals surface area contributed by atoms with Crippen molar-refractivity contribution < 1.29 is 9.90 Å². The van der Waals surface area contributed by atoms with E-state index in [1.54, 1.807) is 0 Å². The normalized spacial score (nSPS) is 16.1. The molecule has 0 amide bonds. The summed E-state index contributed by atoms with van der Waals surface area (Å²) in [6, 6.07) is -0.201. The molecule has 0 aromatic rings. The highest BCUT2D eigenvalue weighted by Crippen LogP contribution is 2.14. The molecule has 0 aliphatic rings. The lowest BCUT2D eigenvalue weighted by atomic mass is 9.91. The van der Waals surface area contributed by atoms with Crippen molar-refractivity contribution >= 4 is 5.97 Å². The Labute approximate surface area is 74.0 Å². The highest BCUT2D eigenvalue weighted by atomic mass is 16.4. The Kier molecular flexibility index (Phi) is 4.90. The van der Waals surface area contributed by atoms with Crippen molar-refractivity contribution in [3.05, 3.63) is 0 Å². The van der Waals surface area contributed by atoms with Crippen LogP contribution < -0.4 is 5.73 Å². The van der Waals surface area contributed by atoms with E-state index in [0.29, 0.717) is 12.3 Å². The molecule has 0 aliphatic heterocycles. The number of aliphatic carboxylic acids is 1. The van der Waals surface area contributed by atoms with Crippen molar-refractivity contribution in [1.82, 2.24) is 0 Å². The van der Waals surface area contributed by atoms with Crippen LogP contribution in [0, 0.1) is 11.8 Å². The lowest BCUT2D eigenvalue weighted by molar-refractivity contribution is -0.142. The van der Waals surface area contributed by atoms with Gasteiger partial charge in [-0.2, -0.15) is 0 Å². The number of carboxylic acids is 1. The number of carboxylic acid groups (broad SMARTS) is 1. The Hall–Kier alpha value is -0.570. The molecule has 12 heavy (non-hydrogen) atoms. The van der Waals surface area contributed by atoms with Crippen molar-refractivity contribution in [3.63, 3.8) is 0 Å². The van der Waals surface area contributed by atoms with Gasteiger partial charge in [-0.1, -0.05) is 20.8 Å². The molecule has 0 saturated carbocycles. The van der Waals surface area contributed by atoms with Crippen LogP contribution in [0.5, 0.6) is 0 Å². The molecule has 2 atom stereocenters. The minimum absolute atomic E-state index is 0.201. The second kappa shape index (κ2) is 5.14. The third-order valence-electron chi connectivity index (χ3n) is 2.02. The van der Waals surface area contributed by atoms with Crippen molar-refractivity contribution in [2.75, 3.05) is 0 Å². The molecule has 0 radical (unpaired) electrons. The highest BCUT2D eigenvalue weighted by Gasteiger charge is 2.23. The molecule has 0 spiro atoms. The van der Waals surface area contributed by atoms with E-state index in [9.17, 15) is 4.79 Å². The van der Waals surface area contributed by atoms with Crippen molar-refractivity contribution in [3.8, 4) is 0 Å². The summed E-state index contributed by atoms with van der Waals surface area (Å²) >= 11 is 0. The summed E-state index contributed by atoms with van der Waals surface area (Å²) in [4.78, 5) is 10.7. The number of hydrogen-bond donors (Lipinski definition) is 2. The monoisotopic (exact) mass is 173 g/mol. The number of carbonyl (C=O) groups is 1. The Morgan fingerprint density at radius 2 is 2.00 bits per heavy atom. The summed E-state index contributed by atoms with van der Waals surface area (Å²) in [7, 11) is 0. The number of nitrogens with two attached hydrogens (primary N) is 1. The topological polar surface area (TPSA) is 63.3 Å². The van der Waals surface area contributed by atoms with Crippen LogP contribution in [0.3, 0.4) is 0 Å². The summed E-state index contributed by atoms with van der Waals surface area (Å²) in [5, 5.41) is 8.78. The van der Waals surface area contributed by atoms with Crippen LogP contribution >= 0.6 is 0 Å². The average Bonchev–Trinajstić information content (AvgIpc) is 1.85. The first-order valence-electron chi connectivity index (χ1n) is 4.47. The summed E-state index contributed by atoms with van der Waals surface area (Å²) in [6.45, 7) is 5.96. The van der Waals surface area contributed by atoms with E-state index in [1.165, 1.54) is 0 Å². The van der Waals surface area contributed by atoms with Gasteiger partial charge in [0, 0.05) is 6.04 Å². The van der Waals surface area contributed by atoms with E-state index in [1.807, 2.05) is 6.92 Å². The zero-order valence-corrected chi connectivity index (χ0v) is 8.08. The van der Waals surface area contributed by atoms with Crippen molar-refractivity contribution in [2.45, 2.75) is 39.7 Å². The third-order valence-corrected chi connectivity index (χ3v) is 2.02. The molecule has 0 aromatic heterocycles. The maximum atomic E-state index is 10.7. The fourth-order valence-corrected chi connectivity index (χ4v) is 1.37. The second-order valence-electron chi connectivity index (χ2n) is 3.65. The molecule has 0 heterocycles. The van der Waals surface area contributed by atoms with Crippen molar-refractivity contribution in [1.29, 1.82) is 0 Å². The summed E-state index contributed by atoms with van der Waals surface area (Å²) in [6.07, 6.45) is 1.40. The molecule has 3 nitrogen and oxygen atoms in total. The van der Waals surface area contributed by atoms with Gasteiger partial charge in [0.15, 0.2) is 0 Å². The SMILES string of the molecule is CCC(C(=O)O)C(N)CC(C)C. The molecule has 0 bridgehead atoms. The van der Waals surface area contributed by atoms with Gasteiger partial charge in [-0.3, -0.25) is 4.79 Å². The molecule has 0 saturated heterocycles. The van der Waals surface area contributed by atoms with Gasteiger partial charge >= 0.3 is 5.97 Å². The fraction of sp³-hybridized carbons (Fsp3) is 0.889. The molecule has 0 fully saturated rings. The van der Waals surface area contributed by atoms with Crippen LogP contribution in [0.1, 0.15) is 33.6 Å². The minimum atomic E-state index is -0.773. The molecule has 0 aliphatic carbocycles. The van der Waals surface area contributed by atoms with Crippen LogP contribution in [0.4, 0.5) is 0 Å². The predicted octanol–water partition coefficient (Wildman–Crippen LogP) is 1.47. The van der Waals surface area contributed by atoms with Crippen LogP contribution in [-0.2, 0) is 4.79 Å². The van der Waals surface area contributed by atoms with Gasteiger partial charge in [0.25, 0.3) is 0 Å². The lowest BCUT2D eigenvalue weighted by Crippen LogP contribution is -2.36. The zero-order valence-electron chi connectivity index (χ0n) is 8.08. The highest BCUT2D eigenvalue weighted by molar-refractivity contribution is 5.70. The van der Waals surface area contributed by atoms with Gasteiger partial charge in [-0.25, -0.2) is 0 Å². The zero-order chi connectivity index (χ0) is 9.72. The maximum Gasteiger partial charge on any atom is 0.308 e. The molecule has 2 unspecified atom stereocenters. The molecular weight excluding hydrogens is 154 g/mol. The summed E-state index contributed by atoms with van der Waals surface area (Å²) < 4.78 is 0. The van der Waals surface area contributed by atoms with Crippen LogP contribution in [0.15, 0.2) is 0 Å². The quantitative estimate of drug-likeness (QED) is 0.661. The fourth-order valence-electron chi connectivity index (χ4n) is 1.37. The first-order chi connectivity index (χ1) is 5.49. The maximum absolute atomic E-state index is 10.7. The molecular formula is C9H19NO2. The van der Waals surface area contributed by atoms with E-state index in [4.69, 9.17) is 10.8 Å². The molecule has 3 heteroatoms. The van der Waals surface area contributed by atoms with Gasteiger partial charge in [-0.15, -0.1) is 0 Å². The van der Waals surface area contributed by atoms with E-state index >= 15 is 0 Å². The van der Waals surface area contributed by atoms with Gasteiger partial charge in [0.2, 0.25) is 0 Å². The third kappa shape index (κ3) is 3.72. The van der Waals surface area contributed by atoms with Gasteiger partial charge in [0.05, 0.1) is 5.92 Å². The van der Waals surface area contributed by atoms with Gasteiger partial charge in [-0.05, 0) is 18.8 Å². The first kappa shape index (κ1) is 11.4. The van der Waals surface area contributed by atoms with Crippen LogP contribution in [0.25, 0.3) is 0 Å². The predicted molar refractivity (Wildman–Crippen MR) is 48.8 cm³/mol. The average molecular weight is 173 g/mol. The second-order valence-corrected chi connectivity index (χ2v) is 3.65. The number of rotatable bonds is 5. The summed E-state index contributed by atoms with van der Waals surface area (Å²) in [5.74, 6) is -0.688. The van der Waals surface area contributed by atoms with E-state index < -0.39 is 5.97 Å². The molecule has 0 rings (SSSR count). The smallest absolute Gasteiger partial charge is 0.308 e. The van der Waals surface area contributed by atoms with Gasteiger partial charge < -0.3 is 10.8 Å². The molecule has 3 N–H and O–H groups in total. The standard InChI is InChI=1S/C9H19NO2/c1-4-7(9(11)12)8(10)5-6(2)3/h6-8H,4-5,10H2,1-3H3,(H,11,12). The Morgan fingerprint density at radius 1 is 1.50 bits per heavy atom. The largest absolute Gasteiger partial charge is 0.481 e. The Morgan fingerprint density at radius 3 is 2.25 bits per heavy atom. The van der Waals surface area contributed by atoms with Crippen LogP contribution in [-0.4, -0.2) is 17.1 Å². The Balaban J connectivity index is 4.02. The van der Waals surface area contributed by atoms with Crippen LogP contribution in [0.2, 0.25) is 0 Å². The molecule has 72 valence electrons. The molecule has 0 aromatic carbocycles. The first-order valence-corrected chi connectivity index (χ1v) is 4.47. The van der Waals surface area contributed by atoms with E-state index in [2.05, 4.69) is 13.8 Å². The van der Waals surface area contributed by atoms with Crippen molar-refractivity contribution in [2.24, 2.45) is 17.6 Å². The van der Waals surface area contributed by atoms with E-state index in [0.717, 1.165) is 6.42 Å². The van der Waals surface area contributed by atoms with E-state index in [-0.39, 0.29) is 12.0 Å². The number of hydrogen-bond acceptors (Lipinski definition) is 2. The Bertz CT molecular complexity index is 145. The minimum Gasteiger partial charge on any atom is -0.481 e. The lowest BCUT2D eigenvalue weighted by Gasteiger charge is -2.20. The van der Waals surface area contributed by atoms with Gasteiger partial charge in [0.1, 0.15) is 0 Å². The summed E-state index contributed by atoms with van der Waals surface area (Å²) in [5.41, 5.74) is 5.75.